The summed E-state index contributed by atoms with van der Waals surface area (Å²) in [5.41, 5.74) is 1.12. The van der Waals surface area contributed by atoms with Crippen LogP contribution in [0.25, 0.3) is 0 Å². The predicted molar refractivity (Wildman–Crippen MR) is 116 cm³/mol. The number of rotatable bonds is 8. The highest BCUT2D eigenvalue weighted by molar-refractivity contribution is 8.00. The summed E-state index contributed by atoms with van der Waals surface area (Å²) in [6.45, 7) is 0. The van der Waals surface area contributed by atoms with Crippen LogP contribution in [-0.4, -0.2) is 27.2 Å². The number of sulfonamides is 1. The summed E-state index contributed by atoms with van der Waals surface area (Å²) >= 11 is 1.36. The zero-order valence-corrected chi connectivity index (χ0v) is 17.3. The quantitative estimate of drug-likeness (QED) is 0.525. The van der Waals surface area contributed by atoms with Gasteiger partial charge in [-0.25, -0.2) is 8.42 Å². The van der Waals surface area contributed by atoms with E-state index in [0.29, 0.717) is 17.1 Å². The number of methoxy groups -OCH3 is 1. The molecule has 150 valence electrons. The average molecular weight is 429 g/mol. The molecule has 0 aromatic heterocycles. The fourth-order valence-electron chi connectivity index (χ4n) is 2.48. The van der Waals surface area contributed by atoms with Crippen molar-refractivity contribution in [2.45, 2.75) is 9.79 Å². The minimum absolute atomic E-state index is 0.142. The molecular formula is C21H20N2O4S2. The normalized spacial score (nSPS) is 10.9. The summed E-state index contributed by atoms with van der Waals surface area (Å²) in [5, 5.41) is 2.82. The highest BCUT2D eigenvalue weighted by Crippen LogP contribution is 2.23. The smallest absolute Gasteiger partial charge is 0.261 e. The van der Waals surface area contributed by atoms with Gasteiger partial charge in [-0.05, 0) is 48.5 Å². The van der Waals surface area contributed by atoms with Gasteiger partial charge in [0, 0.05) is 22.3 Å². The summed E-state index contributed by atoms with van der Waals surface area (Å²) < 4.78 is 32.4. The van der Waals surface area contributed by atoms with Crippen molar-refractivity contribution in [2.75, 3.05) is 22.9 Å². The van der Waals surface area contributed by atoms with Crippen molar-refractivity contribution >= 4 is 39.1 Å². The van der Waals surface area contributed by atoms with Gasteiger partial charge in [0.05, 0.1) is 17.8 Å². The van der Waals surface area contributed by atoms with Crippen LogP contribution >= 0.6 is 11.8 Å². The van der Waals surface area contributed by atoms with Gasteiger partial charge in [-0.3, -0.25) is 9.52 Å². The number of nitrogens with one attached hydrogen (secondary N) is 2. The Morgan fingerprint density at radius 1 is 0.931 bits per heavy atom. The summed E-state index contributed by atoms with van der Waals surface area (Å²) in [5.74, 6) is 0.757. The summed E-state index contributed by atoms with van der Waals surface area (Å²) in [7, 11) is -2.05. The maximum Gasteiger partial charge on any atom is 0.261 e. The van der Waals surface area contributed by atoms with Crippen LogP contribution in [0.1, 0.15) is 0 Å². The van der Waals surface area contributed by atoms with Crippen LogP contribution < -0.4 is 14.8 Å². The summed E-state index contributed by atoms with van der Waals surface area (Å²) in [4.78, 5) is 13.2. The lowest BCUT2D eigenvalue weighted by Crippen LogP contribution is -2.14. The van der Waals surface area contributed by atoms with Crippen molar-refractivity contribution < 1.29 is 17.9 Å². The zero-order chi connectivity index (χ0) is 20.7. The van der Waals surface area contributed by atoms with E-state index < -0.39 is 10.0 Å². The Balaban J connectivity index is 1.54. The number of amides is 1. The molecule has 29 heavy (non-hydrogen) atoms. The summed E-state index contributed by atoms with van der Waals surface area (Å²) in [6.07, 6.45) is 0. The topological polar surface area (TPSA) is 84.5 Å². The molecule has 0 radical (unpaired) electrons. The molecular weight excluding hydrogens is 408 g/mol. The zero-order valence-electron chi connectivity index (χ0n) is 15.7. The van der Waals surface area contributed by atoms with Crippen LogP contribution in [0.15, 0.2) is 88.7 Å². The predicted octanol–water partition coefficient (Wildman–Crippen LogP) is 4.23. The lowest BCUT2D eigenvalue weighted by atomic mass is 10.3. The van der Waals surface area contributed by atoms with Crippen LogP contribution in [-0.2, 0) is 14.8 Å². The third kappa shape index (κ3) is 6.00. The highest BCUT2D eigenvalue weighted by atomic mass is 32.2. The monoisotopic (exact) mass is 428 g/mol. The molecule has 0 aliphatic carbocycles. The number of carbonyl (C=O) groups is 1. The van der Waals surface area contributed by atoms with Gasteiger partial charge in [-0.15, -0.1) is 11.8 Å². The van der Waals surface area contributed by atoms with Crippen LogP contribution in [0.3, 0.4) is 0 Å². The number of thioether (sulfide) groups is 1. The Hall–Kier alpha value is -2.97. The third-order valence-electron chi connectivity index (χ3n) is 3.88. The van der Waals surface area contributed by atoms with Gasteiger partial charge in [0.1, 0.15) is 5.75 Å². The molecule has 3 aromatic carbocycles. The molecule has 8 heteroatoms. The van der Waals surface area contributed by atoms with Gasteiger partial charge < -0.3 is 10.1 Å². The van der Waals surface area contributed by atoms with Gasteiger partial charge in [0.2, 0.25) is 5.91 Å². The van der Waals surface area contributed by atoms with Crippen LogP contribution in [0.2, 0.25) is 0 Å². The van der Waals surface area contributed by atoms with E-state index in [4.69, 9.17) is 4.74 Å². The van der Waals surface area contributed by atoms with Crippen LogP contribution in [0.5, 0.6) is 5.75 Å². The van der Waals surface area contributed by atoms with Crippen LogP contribution in [0, 0.1) is 0 Å². The standard InChI is InChI=1S/C21H20N2O4S2/c1-27-18-7-5-6-17(14-18)22-21(24)15-28-19-12-10-16(11-13-19)23-29(25,26)20-8-3-2-4-9-20/h2-14,23H,15H2,1H3,(H,22,24). The van der Waals surface area contributed by atoms with Crippen molar-refractivity contribution in [3.05, 3.63) is 78.9 Å². The molecule has 0 heterocycles. The fourth-order valence-corrected chi connectivity index (χ4v) is 4.26. The number of hydrogen-bond donors (Lipinski definition) is 2. The molecule has 6 nitrogen and oxygen atoms in total. The maximum absolute atomic E-state index is 12.3. The molecule has 0 aliphatic heterocycles. The Morgan fingerprint density at radius 3 is 2.34 bits per heavy atom. The Morgan fingerprint density at radius 2 is 1.66 bits per heavy atom. The van der Waals surface area contributed by atoms with Crippen LogP contribution in [0.4, 0.5) is 11.4 Å². The van der Waals surface area contributed by atoms with Gasteiger partial charge >= 0.3 is 0 Å². The Bertz CT molecular complexity index is 1070. The van der Waals surface area contributed by atoms with E-state index in [2.05, 4.69) is 10.0 Å². The molecule has 0 spiro atoms. The second-order valence-corrected chi connectivity index (χ2v) is 8.74. The second kappa shape index (κ2) is 9.49. The van der Waals surface area contributed by atoms with Crippen molar-refractivity contribution in [3.8, 4) is 5.75 Å². The van der Waals surface area contributed by atoms with Gasteiger partial charge in [0.15, 0.2) is 0 Å². The van der Waals surface area contributed by atoms with E-state index in [9.17, 15) is 13.2 Å². The molecule has 0 atom stereocenters. The molecule has 3 rings (SSSR count). The number of hydrogen-bond acceptors (Lipinski definition) is 5. The van der Waals surface area contributed by atoms with E-state index in [1.165, 1.54) is 23.9 Å². The molecule has 2 N–H and O–H groups in total. The minimum atomic E-state index is -3.62. The molecule has 0 saturated heterocycles. The number of anilines is 2. The molecule has 0 fully saturated rings. The molecule has 3 aromatic rings. The second-order valence-electron chi connectivity index (χ2n) is 6.01. The first-order valence-corrected chi connectivity index (χ1v) is 11.2. The van der Waals surface area contributed by atoms with Gasteiger partial charge in [0.25, 0.3) is 10.0 Å². The molecule has 0 bridgehead atoms. The Labute approximate surface area is 174 Å². The lowest BCUT2D eigenvalue weighted by Gasteiger charge is -2.09. The molecule has 0 unspecified atom stereocenters. The first-order valence-electron chi connectivity index (χ1n) is 8.71. The SMILES string of the molecule is COc1cccc(NC(=O)CSc2ccc(NS(=O)(=O)c3ccccc3)cc2)c1. The molecule has 1 amide bonds. The number of benzene rings is 3. The molecule has 0 aliphatic rings. The van der Waals surface area contributed by atoms with E-state index in [1.54, 1.807) is 73.8 Å². The fraction of sp³-hybridized carbons (Fsp3) is 0.0952. The average Bonchev–Trinajstić information content (AvgIpc) is 2.74. The van der Waals surface area contributed by atoms with E-state index in [-0.39, 0.29) is 16.6 Å². The van der Waals surface area contributed by atoms with Crippen molar-refractivity contribution in [1.82, 2.24) is 0 Å². The van der Waals surface area contributed by atoms with E-state index >= 15 is 0 Å². The van der Waals surface area contributed by atoms with E-state index in [0.717, 1.165) is 4.90 Å². The number of carbonyl (C=O) groups excluding carboxylic acids is 1. The summed E-state index contributed by atoms with van der Waals surface area (Å²) in [6, 6.07) is 22.2. The number of ether oxygens (including phenoxy) is 1. The van der Waals surface area contributed by atoms with Crippen molar-refractivity contribution in [3.63, 3.8) is 0 Å². The maximum atomic E-state index is 12.3. The largest absolute Gasteiger partial charge is 0.497 e. The molecule has 0 saturated carbocycles. The van der Waals surface area contributed by atoms with Crippen molar-refractivity contribution in [1.29, 1.82) is 0 Å². The van der Waals surface area contributed by atoms with Gasteiger partial charge in [-0.2, -0.15) is 0 Å². The highest BCUT2D eigenvalue weighted by Gasteiger charge is 2.13. The van der Waals surface area contributed by atoms with Gasteiger partial charge in [-0.1, -0.05) is 24.3 Å². The lowest BCUT2D eigenvalue weighted by molar-refractivity contribution is -0.113. The minimum Gasteiger partial charge on any atom is -0.497 e. The Kier molecular flexibility index (Phi) is 6.79. The van der Waals surface area contributed by atoms with Crippen molar-refractivity contribution in [2.24, 2.45) is 0 Å². The first-order chi connectivity index (χ1) is 14.0. The first kappa shape index (κ1) is 20.8. The third-order valence-corrected chi connectivity index (χ3v) is 6.29. The van der Waals surface area contributed by atoms with E-state index in [1.807, 2.05) is 0 Å².